The normalized spacial score (nSPS) is 16.1. The molecule has 2 heterocycles. The number of nitrogens with zero attached hydrogens (tertiary/aromatic N) is 5. The molecule has 0 spiro atoms. The predicted molar refractivity (Wildman–Crippen MR) is 116 cm³/mol. The van der Waals surface area contributed by atoms with E-state index in [4.69, 9.17) is 0 Å². The van der Waals surface area contributed by atoms with Crippen LogP contribution in [0.15, 0.2) is 28.4 Å². The van der Waals surface area contributed by atoms with Gasteiger partial charge in [0, 0.05) is 25.8 Å². The third-order valence-electron chi connectivity index (χ3n) is 5.05. The van der Waals surface area contributed by atoms with Crippen molar-refractivity contribution in [1.82, 2.24) is 9.55 Å². The van der Waals surface area contributed by atoms with E-state index in [1.165, 1.54) is 17.4 Å². The fraction of sp³-hybridized carbons (Fsp3) is 0.389. The summed E-state index contributed by atoms with van der Waals surface area (Å²) >= 11 is 0. The number of rotatable bonds is 7. The number of nitrogens with two attached hydrogens (primary N) is 2. The highest BCUT2D eigenvalue weighted by atomic mass is 32.3. The van der Waals surface area contributed by atoms with Crippen molar-refractivity contribution in [1.29, 1.82) is 0 Å². The summed E-state index contributed by atoms with van der Waals surface area (Å²) in [6.45, 7) is 1.52. The fourth-order valence-electron chi connectivity index (χ4n) is 3.35. The molecule has 1 fully saturated rings. The van der Waals surface area contributed by atoms with Crippen LogP contribution in [0.3, 0.4) is 0 Å². The Morgan fingerprint density at radius 1 is 1.12 bits per heavy atom. The number of nitrogens with one attached hydrogen (secondary N) is 1. The highest BCUT2D eigenvalue weighted by Crippen LogP contribution is 2.56. The molecule has 0 atom stereocenters. The minimum absolute atomic E-state index is 0.00158. The Morgan fingerprint density at radius 3 is 2.38 bits per heavy atom. The van der Waals surface area contributed by atoms with E-state index in [9.17, 15) is 22.3 Å². The van der Waals surface area contributed by atoms with Gasteiger partial charge in [-0.2, -0.15) is 18.2 Å². The van der Waals surface area contributed by atoms with Crippen molar-refractivity contribution in [2.24, 2.45) is 17.3 Å². The topological polar surface area (TPSA) is 131 Å². The van der Waals surface area contributed by atoms with Crippen LogP contribution in [0, 0.1) is 14.1 Å². The second-order valence-corrected chi connectivity index (χ2v) is 8.96. The number of imidazole rings is 1. The summed E-state index contributed by atoms with van der Waals surface area (Å²) in [5.74, 6) is 1.36. The SMILES string of the molecule is [CH2-][NH2+]c1nc(N=Nc2ccc(N3CCCCC3)cc2NS(O)(O)C(F)(F)F)n(C)c1[NH2+][CH2-]. The molecule has 1 aliphatic heterocycles. The Kier molecular flexibility index (Phi) is 7.29. The number of azo groups is 1. The standard InChI is InChI=1S/C18H27F3N8O2S/c1-22-15-16(23-2)28(3)17(24-15)26-25-13-8-7-12(29-9-5-4-6-10-29)11-14(13)27-32(30,31)18(19,20)21/h7-8,11,27,30-31H,1-2,4-6,9-10,22-23H2,3H3. The highest BCUT2D eigenvalue weighted by Gasteiger charge is 2.46. The van der Waals surface area contributed by atoms with E-state index in [2.05, 4.69) is 29.3 Å². The number of piperidine rings is 1. The van der Waals surface area contributed by atoms with Crippen molar-refractivity contribution in [3.8, 4) is 0 Å². The molecule has 10 nitrogen and oxygen atoms in total. The van der Waals surface area contributed by atoms with Crippen molar-refractivity contribution < 1.29 is 32.9 Å². The summed E-state index contributed by atoms with van der Waals surface area (Å²) < 4.78 is 62.0. The molecule has 0 aliphatic carbocycles. The van der Waals surface area contributed by atoms with Crippen molar-refractivity contribution >= 4 is 45.4 Å². The quantitative estimate of drug-likeness (QED) is 0.309. The minimum Gasteiger partial charge on any atom is -0.424 e. The zero-order chi connectivity index (χ0) is 23.5. The van der Waals surface area contributed by atoms with Gasteiger partial charge in [-0.1, -0.05) is 0 Å². The van der Waals surface area contributed by atoms with Gasteiger partial charge in [-0.25, -0.2) is 0 Å². The maximum absolute atomic E-state index is 13.1. The molecule has 7 N–H and O–H groups in total. The van der Waals surface area contributed by atoms with Crippen LogP contribution in [0.1, 0.15) is 19.3 Å². The van der Waals surface area contributed by atoms with Crippen LogP contribution >= 0.6 is 10.8 Å². The van der Waals surface area contributed by atoms with Crippen LogP contribution in [0.2, 0.25) is 0 Å². The molecule has 0 radical (unpaired) electrons. The molecule has 0 bridgehead atoms. The summed E-state index contributed by atoms with van der Waals surface area (Å²) in [7, 11) is 3.93. The fourth-order valence-corrected chi connectivity index (χ4v) is 3.94. The van der Waals surface area contributed by atoms with Crippen LogP contribution in [0.5, 0.6) is 0 Å². The number of benzene rings is 1. The second kappa shape index (κ2) is 9.62. The number of aromatic nitrogens is 2. The Labute approximate surface area is 185 Å². The van der Waals surface area contributed by atoms with Gasteiger partial charge in [-0.3, -0.25) is 18.4 Å². The smallest absolute Gasteiger partial charge is 0.424 e. The van der Waals surface area contributed by atoms with Gasteiger partial charge in [0.15, 0.2) is 0 Å². The lowest BCUT2D eigenvalue weighted by molar-refractivity contribution is -0.547. The molecule has 1 aromatic heterocycles. The van der Waals surface area contributed by atoms with Gasteiger partial charge < -0.3 is 15.5 Å². The van der Waals surface area contributed by atoms with E-state index in [0.29, 0.717) is 17.3 Å². The molecule has 0 saturated carbocycles. The molecule has 0 amide bonds. The number of alkyl halides is 3. The molecule has 3 rings (SSSR count). The Bertz CT molecular complexity index is 974. The zero-order valence-corrected chi connectivity index (χ0v) is 18.3. The van der Waals surface area contributed by atoms with Gasteiger partial charge in [-0.05, 0) is 48.2 Å². The van der Waals surface area contributed by atoms with Crippen LogP contribution in [-0.2, 0) is 7.05 Å². The molecule has 14 heteroatoms. The van der Waals surface area contributed by atoms with Crippen molar-refractivity contribution in [3.05, 3.63) is 32.3 Å². The first-order valence-corrected chi connectivity index (χ1v) is 11.4. The third kappa shape index (κ3) is 5.15. The molecule has 2 aromatic rings. The Morgan fingerprint density at radius 2 is 1.81 bits per heavy atom. The van der Waals surface area contributed by atoms with Gasteiger partial charge in [0.05, 0.1) is 5.69 Å². The van der Waals surface area contributed by atoms with E-state index in [1.54, 1.807) is 23.0 Å². The minimum atomic E-state index is -5.25. The van der Waals surface area contributed by atoms with Crippen molar-refractivity contribution in [2.75, 3.05) is 22.7 Å². The molecular weight excluding hydrogens is 449 g/mol. The summed E-state index contributed by atoms with van der Waals surface area (Å²) in [4.78, 5) is 6.29. The lowest BCUT2D eigenvalue weighted by atomic mass is 10.1. The lowest BCUT2D eigenvalue weighted by Crippen LogP contribution is -2.77. The van der Waals surface area contributed by atoms with E-state index in [-0.39, 0.29) is 17.3 Å². The molecular formula is C18H27F3N8O2S. The van der Waals surface area contributed by atoms with Gasteiger partial charge >= 0.3 is 5.51 Å². The van der Waals surface area contributed by atoms with Gasteiger partial charge in [0.1, 0.15) is 5.69 Å². The first-order valence-electron chi connectivity index (χ1n) is 9.82. The Hall–Kier alpha value is -2.39. The van der Waals surface area contributed by atoms with E-state index >= 15 is 0 Å². The van der Waals surface area contributed by atoms with Gasteiger partial charge in [0.25, 0.3) is 17.6 Å². The van der Waals surface area contributed by atoms with E-state index in [1.807, 2.05) is 9.62 Å². The average Bonchev–Trinajstić information content (AvgIpc) is 3.07. The molecule has 178 valence electrons. The summed E-state index contributed by atoms with van der Waals surface area (Å²) in [5.41, 5.74) is -4.79. The van der Waals surface area contributed by atoms with Crippen molar-refractivity contribution in [3.63, 3.8) is 0 Å². The first kappa shape index (κ1) is 24.3. The highest BCUT2D eigenvalue weighted by molar-refractivity contribution is 8.26. The molecule has 32 heavy (non-hydrogen) atoms. The molecule has 1 saturated heterocycles. The zero-order valence-electron chi connectivity index (χ0n) is 17.5. The summed E-state index contributed by atoms with van der Waals surface area (Å²) in [6.07, 6.45) is 3.03. The number of quaternary nitrogens is 2. The monoisotopic (exact) mass is 476 g/mol. The van der Waals surface area contributed by atoms with Crippen molar-refractivity contribution in [2.45, 2.75) is 24.8 Å². The van der Waals surface area contributed by atoms with E-state index in [0.717, 1.165) is 32.4 Å². The first-order chi connectivity index (χ1) is 15.1. The molecule has 0 unspecified atom stereocenters. The predicted octanol–water partition coefficient (Wildman–Crippen LogP) is 3.40. The van der Waals surface area contributed by atoms with Gasteiger partial charge in [-0.15, -0.1) is 24.3 Å². The van der Waals surface area contributed by atoms with Crippen LogP contribution in [0.25, 0.3) is 0 Å². The average molecular weight is 477 g/mol. The summed E-state index contributed by atoms with van der Waals surface area (Å²) in [6, 6.07) is 4.61. The number of anilines is 2. The second-order valence-electron chi connectivity index (χ2n) is 7.20. The third-order valence-corrected chi connectivity index (χ3v) is 6.20. The molecule has 1 aliphatic rings. The maximum atomic E-state index is 13.1. The van der Waals surface area contributed by atoms with Crippen LogP contribution in [-0.4, -0.2) is 37.3 Å². The maximum Gasteiger partial charge on any atom is 0.514 e. The lowest BCUT2D eigenvalue weighted by Gasteiger charge is -2.35. The summed E-state index contributed by atoms with van der Waals surface area (Å²) in [5, 5.41) is 11.2. The van der Waals surface area contributed by atoms with E-state index < -0.39 is 16.3 Å². The number of hydrogen-bond donors (Lipinski definition) is 5. The van der Waals surface area contributed by atoms with Gasteiger partial charge in [0.2, 0.25) is 0 Å². The largest absolute Gasteiger partial charge is 0.514 e. The number of hydrogen-bond acceptors (Lipinski definition) is 7. The van der Waals surface area contributed by atoms with Crippen LogP contribution in [0.4, 0.5) is 47.8 Å². The number of halogens is 3. The Balaban J connectivity index is 1.98. The molecule has 1 aromatic carbocycles. The van der Waals surface area contributed by atoms with Crippen LogP contribution < -0.4 is 20.3 Å².